The Balaban J connectivity index is 2.72. The van der Waals surface area contributed by atoms with Crippen LogP contribution in [0.2, 0.25) is 0 Å². The first-order valence-electron chi connectivity index (χ1n) is 6.56. The molecule has 0 bridgehead atoms. The van der Waals surface area contributed by atoms with Crippen LogP contribution in [0.1, 0.15) is 51.9 Å². The van der Waals surface area contributed by atoms with E-state index in [0.717, 1.165) is 32.1 Å². The van der Waals surface area contributed by atoms with Crippen LogP contribution in [-0.2, 0) is 14.4 Å². The number of hydroxylamine groups is 1. The number of hydrogen-bond donors (Lipinski definition) is 0. The fourth-order valence-electron chi connectivity index (χ4n) is 2.18. The number of rotatable bonds is 6. The molecular weight excluding hydrogens is 236 g/mol. The Kier molecular flexibility index (Phi) is 5.88. The van der Waals surface area contributed by atoms with Crippen LogP contribution in [0.5, 0.6) is 0 Å². The van der Waals surface area contributed by atoms with Crippen LogP contribution in [0, 0.1) is 5.21 Å². The summed E-state index contributed by atoms with van der Waals surface area (Å²) in [5.74, 6) is -0.514. The molecule has 0 saturated heterocycles. The Hall–Kier alpha value is -1.33. The quantitative estimate of drug-likeness (QED) is 0.241. The summed E-state index contributed by atoms with van der Waals surface area (Å²) in [5.41, 5.74) is -1.18. The number of esters is 1. The highest BCUT2D eigenvalue weighted by Gasteiger charge is 2.51. The molecule has 0 radical (unpaired) electrons. The van der Waals surface area contributed by atoms with Crippen LogP contribution < -0.4 is 0 Å². The van der Waals surface area contributed by atoms with Crippen molar-refractivity contribution in [1.29, 1.82) is 0 Å². The second kappa shape index (κ2) is 7.18. The third-order valence-corrected chi connectivity index (χ3v) is 3.33. The molecule has 0 N–H and O–H groups in total. The van der Waals surface area contributed by atoms with E-state index in [2.05, 4.69) is 5.28 Å². The summed E-state index contributed by atoms with van der Waals surface area (Å²) in [6.45, 7) is 2.42. The maximum Gasteiger partial charge on any atom is 0.382 e. The molecule has 0 aromatic heterocycles. The van der Waals surface area contributed by atoms with E-state index < -0.39 is 11.5 Å². The predicted molar refractivity (Wildman–Crippen MR) is 64.7 cm³/mol. The van der Waals surface area contributed by atoms with Crippen molar-refractivity contribution in [3.05, 3.63) is 5.21 Å². The van der Waals surface area contributed by atoms with Gasteiger partial charge in [0.2, 0.25) is 5.28 Å². The van der Waals surface area contributed by atoms with Gasteiger partial charge < -0.3 is 14.8 Å². The number of hydrogen-bond acceptors (Lipinski definition) is 5. The van der Waals surface area contributed by atoms with E-state index in [1.807, 2.05) is 6.92 Å². The first-order valence-corrected chi connectivity index (χ1v) is 6.56. The predicted octanol–water partition coefficient (Wildman–Crippen LogP) is 2.56. The van der Waals surface area contributed by atoms with E-state index >= 15 is 0 Å². The molecule has 104 valence electrons. The van der Waals surface area contributed by atoms with Crippen molar-refractivity contribution in [3.8, 4) is 0 Å². The van der Waals surface area contributed by atoms with Crippen molar-refractivity contribution in [3.63, 3.8) is 0 Å². The SMILES string of the molecule is CCCCO/N=[N+](\[O-])C1(C(=O)OC)CCCCC1. The lowest BCUT2D eigenvalue weighted by molar-refractivity contribution is -0.624. The van der Waals surface area contributed by atoms with Gasteiger partial charge in [-0.1, -0.05) is 19.8 Å². The van der Waals surface area contributed by atoms with Crippen molar-refractivity contribution in [2.75, 3.05) is 13.7 Å². The molecule has 0 unspecified atom stereocenters. The van der Waals surface area contributed by atoms with Crippen LogP contribution in [0.4, 0.5) is 0 Å². The van der Waals surface area contributed by atoms with Gasteiger partial charge in [0.05, 0.1) is 7.11 Å². The highest BCUT2D eigenvalue weighted by atomic mass is 16.7. The van der Waals surface area contributed by atoms with Crippen molar-refractivity contribution >= 4 is 5.97 Å². The summed E-state index contributed by atoms with van der Waals surface area (Å²) >= 11 is 0. The third-order valence-electron chi connectivity index (χ3n) is 3.33. The van der Waals surface area contributed by atoms with Gasteiger partial charge in [-0.15, -0.1) is 0 Å². The number of ether oxygens (including phenoxy) is 1. The van der Waals surface area contributed by atoms with E-state index in [9.17, 15) is 10.0 Å². The van der Waals surface area contributed by atoms with E-state index in [1.165, 1.54) is 7.11 Å². The molecule has 0 aliphatic heterocycles. The van der Waals surface area contributed by atoms with Gasteiger partial charge in [-0.3, -0.25) is 0 Å². The maximum atomic E-state index is 12.0. The Labute approximate surface area is 107 Å². The van der Waals surface area contributed by atoms with Gasteiger partial charge >= 0.3 is 5.97 Å². The minimum Gasteiger partial charge on any atom is -0.596 e. The molecule has 6 nitrogen and oxygen atoms in total. The zero-order chi connectivity index (χ0) is 13.4. The zero-order valence-corrected chi connectivity index (χ0v) is 11.2. The van der Waals surface area contributed by atoms with Crippen LogP contribution >= 0.6 is 0 Å². The standard InChI is InChI=1S/C12H22N2O4/c1-3-4-10-18-13-14(16)12(11(15)17-2)8-6-5-7-9-12/h3-10H2,1-2H3/b14-13-. The first kappa shape index (κ1) is 14.7. The van der Waals surface area contributed by atoms with E-state index in [-0.39, 0.29) is 0 Å². The monoisotopic (exact) mass is 258 g/mol. The van der Waals surface area contributed by atoms with E-state index in [0.29, 0.717) is 24.3 Å². The van der Waals surface area contributed by atoms with Crippen molar-refractivity contribution in [1.82, 2.24) is 0 Å². The van der Waals surface area contributed by atoms with Crippen LogP contribution in [0.3, 0.4) is 0 Å². The summed E-state index contributed by atoms with van der Waals surface area (Å²) < 4.78 is 4.75. The molecule has 6 heteroatoms. The van der Waals surface area contributed by atoms with Crippen LogP contribution in [0.15, 0.2) is 5.28 Å². The van der Waals surface area contributed by atoms with Gasteiger partial charge in [-0.2, -0.15) is 0 Å². The van der Waals surface area contributed by atoms with Gasteiger partial charge in [0.25, 0.3) is 5.54 Å². The molecular formula is C12H22N2O4. The van der Waals surface area contributed by atoms with Gasteiger partial charge in [0, 0.05) is 12.8 Å². The normalized spacial score (nSPS) is 19.3. The summed E-state index contributed by atoms with van der Waals surface area (Å²) in [6.07, 6.45) is 5.45. The van der Waals surface area contributed by atoms with Gasteiger partial charge in [-0.25, -0.2) is 4.79 Å². The van der Waals surface area contributed by atoms with Crippen LogP contribution in [0.25, 0.3) is 0 Å². The lowest BCUT2D eigenvalue weighted by Crippen LogP contribution is -2.49. The Morgan fingerprint density at radius 2 is 2.06 bits per heavy atom. The van der Waals surface area contributed by atoms with Crippen LogP contribution in [-0.4, -0.2) is 30.1 Å². The molecule has 0 atom stereocenters. The molecule has 18 heavy (non-hydrogen) atoms. The number of unbranched alkanes of at least 4 members (excludes halogenated alkanes) is 1. The van der Waals surface area contributed by atoms with Gasteiger partial charge in [0.1, 0.15) is 6.61 Å². The summed E-state index contributed by atoms with van der Waals surface area (Å²) in [7, 11) is 1.30. The molecule has 0 aromatic rings. The van der Waals surface area contributed by atoms with Gasteiger partial charge in [-0.05, 0) is 24.1 Å². The number of methoxy groups -OCH3 is 1. The topological polar surface area (TPSA) is 74.0 Å². The Bertz CT molecular complexity index is 298. The minimum atomic E-state index is -1.18. The average Bonchev–Trinajstić information content (AvgIpc) is 2.43. The summed E-state index contributed by atoms with van der Waals surface area (Å²) in [6, 6.07) is 0. The summed E-state index contributed by atoms with van der Waals surface area (Å²) in [5, 5.41) is 15.5. The molecule has 0 amide bonds. The van der Waals surface area contributed by atoms with Gasteiger partial charge in [0.15, 0.2) is 0 Å². The first-order chi connectivity index (χ1) is 8.67. The van der Waals surface area contributed by atoms with Crippen molar-refractivity contribution in [2.45, 2.75) is 57.4 Å². The van der Waals surface area contributed by atoms with E-state index in [4.69, 9.17) is 9.57 Å². The molecule has 0 heterocycles. The average molecular weight is 258 g/mol. The third kappa shape index (κ3) is 3.34. The van der Waals surface area contributed by atoms with Crippen molar-refractivity contribution in [2.24, 2.45) is 5.28 Å². The minimum absolute atomic E-state index is 0.395. The molecule has 1 rings (SSSR count). The lowest BCUT2D eigenvalue weighted by Gasteiger charge is -2.29. The Morgan fingerprint density at radius 1 is 1.39 bits per heavy atom. The fourth-order valence-corrected chi connectivity index (χ4v) is 2.18. The summed E-state index contributed by atoms with van der Waals surface area (Å²) in [4.78, 5) is 17.2. The highest BCUT2D eigenvalue weighted by molar-refractivity contribution is 5.79. The molecule has 1 fully saturated rings. The fraction of sp³-hybridized carbons (Fsp3) is 0.917. The molecule has 1 aliphatic carbocycles. The largest absolute Gasteiger partial charge is 0.596 e. The number of nitrogens with zero attached hydrogens (tertiary/aromatic N) is 2. The molecule has 1 aliphatic rings. The number of carbonyl (C=O) groups is 1. The molecule has 0 spiro atoms. The maximum absolute atomic E-state index is 12.0. The zero-order valence-electron chi connectivity index (χ0n) is 11.2. The second-order valence-electron chi connectivity index (χ2n) is 4.63. The number of carbonyl (C=O) groups excluding carboxylic acids is 1. The Morgan fingerprint density at radius 3 is 2.61 bits per heavy atom. The van der Waals surface area contributed by atoms with Crippen molar-refractivity contribution < 1.29 is 19.2 Å². The molecule has 1 saturated carbocycles. The molecule has 0 aromatic carbocycles. The lowest BCUT2D eigenvalue weighted by atomic mass is 9.82. The van der Waals surface area contributed by atoms with E-state index in [1.54, 1.807) is 0 Å². The smallest absolute Gasteiger partial charge is 0.382 e. The second-order valence-corrected chi connectivity index (χ2v) is 4.63. The highest BCUT2D eigenvalue weighted by Crippen LogP contribution is 2.32.